The number of hydrogen-bond acceptors (Lipinski definition) is 7. The van der Waals surface area contributed by atoms with Crippen molar-refractivity contribution in [3.63, 3.8) is 0 Å². The minimum atomic E-state index is -3.93. The van der Waals surface area contributed by atoms with Gasteiger partial charge in [-0.05, 0) is 30.5 Å². The molecule has 1 heterocycles. The molecular formula is C24H39N3O4S3. The topological polar surface area (TPSA) is 108 Å². The van der Waals surface area contributed by atoms with Crippen molar-refractivity contribution >= 4 is 49.2 Å². The van der Waals surface area contributed by atoms with Gasteiger partial charge in [0.1, 0.15) is 6.04 Å². The highest BCUT2D eigenvalue weighted by molar-refractivity contribution is 8.01. The molecule has 0 aliphatic carbocycles. The van der Waals surface area contributed by atoms with Crippen molar-refractivity contribution in [1.82, 2.24) is 15.2 Å². The highest BCUT2D eigenvalue weighted by atomic mass is 32.2. The van der Waals surface area contributed by atoms with Gasteiger partial charge < -0.3 is 0 Å². The van der Waals surface area contributed by atoms with Crippen LogP contribution in [0, 0.1) is 5.92 Å². The number of thioether (sulfide) groups is 1. The number of carbonyl (C=O) groups is 1. The molecule has 34 heavy (non-hydrogen) atoms. The van der Waals surface area contributed by atoms with E-state index in [1.807, 2.05) is 0 Å². The van der Waals surface area contributed by atoms with E-state index in [2.05, 4.69) is 16.6 Å². The fourth-order valence-electron chi connectivity index (χ4n) is 3.66. The van der Waals surface area contributed by atoms with Crippen LogP contribution in [0.25, 0.3) is 10.2 Å². The fourth-order valence-corrected chi connectivity index (χ4v) is 7.28. The third-order valence-corrected chi connectivity index (χ3v) is 9.40. The van der Waals surface area contributed by atoms with Crippen molar-refractivity contribution < 1.29 is 18.4 Å². The van der Waals surface area contributed by atoms with Crippen LogP contribution in [0.5, 0.6) is 0 Å². The Labute approximate surface area is 212 Å². The second-order valence-electron chi connectivity index (χ2n) is 8.96. The number of thiazole rings is 1. The zero-order chi connectivity index (χ0) is 25.0. The van der Waals surface area contributed by atoms with Crippen LogP contribution in [0.2, 0.25) is 0 Å². The average molecular weight is 530 g/mol. The number of sulfonamides is 1. The van der Waals surface area contributed by atoms with Crippen LogP contribution in [0.3, 0.4) is 0 Å². The maximum Gasteiger partial charge on any atom is 0.261 e. The van der Waals surface area contributed by atoms with Crippen molar-refractivity contribution in [2.24, 2.45) is 5.92 Å². The van der Waals surface area contributed by atoms with E-state index in [1.165, 1.54) is 80.7 Å². The maximum absolute atomic E-state index is 12.8. The first-order chi connectivity index (χ1) is 16.3. The Morgan fingerprint density at radius 1 is 1.06 bits per heavy atom. The summed E-state index contributed by atoms with van der Waals surface area (Å²) in [6.07, 6.45) is 13.1. The number of rotatable bonds is 17. The Kier molecular flexibility index (Phi) is 12.8. The Bertz CT molecular complexity index is 993. The van der Waals surface area contributed by atoms with Crippen LogP contribution >= 0.6 is 23.1 Å². The molecule has 2 rings (SSSR count). The Balaban J connectivity index is 1.83. The predicted molar refractivity (Wildman–Crippen MR) is 141 cm³/mol. The molecule has 1 aromatic heterocycles. The van der Waals surface area contributed by atoms with Gasteiger partial charge in [0.2, 0.25) is 10.0 Å². The number of benzene rings is 1. The van der Waals surface area contributed by atoms with Gasteiger partial charge in [-0.15, -0.1) is 11.3 Å². The van der Waals surface area contributed by atoms with E-state index >= 15 is 0 Å². The lowest BCUT2D eigenvalue weighted by atomic mass is 10.1. The summed E-state index contributed by atoms with van der Waals surface area (Å²) >= 11 is 3.21. The number of carbonyl (C=O) groups excluding carboxylic acids is 1. The van der Waals surface area contributed by atoms with Crippen molar-refractivity contribution in [2.75, 3.05) is 5.75 Å². The zero-order valence-electron chi connectivity index (χ0n) is 20.5. The van der Waals surface area contributed by atoms with E-state index in [9.17, 15) is 13.2 Å². The van der Waals surface area contributed by atoms with Crippen LogP contribution in [-0.4, -0.2) is 36.3 Å². The molecule has 0 aliphatic rings. The molecule has 3 N–H and O–H groups in total. The molecule has 7 nitrogen and oxygen atoms in total. The van der Waals surface area contributed by atoms with E-state index in [1.54, 1.807) is 37.7 Å². The largest absolute Gasteiger partial charge is 0.289 e. The molecule has 1 aromatic carbocycles. The minimum absolute atomic E-state index is 0.0753. The van der Waals surface area contributed by atoms with E-state index in [4.69, 9.17) is 5.21 Å². The van der Waals surface area contributed by atoms with E-state index in [0.29, 0.717) is 0 Å². The number of hydroxylamine groups is 1. The summed E-state index contributed by atoms with van der Waals surface area (Å²) in [6, 6.07) is 3.71. The van der Waals surface area contributed by atoms with Gasteiger partial charge in [-0.3, -0.25) is 10.0 Å². The number of nitrogens with one attached hydrogen (secondary N) is 2. The van der Waals surface area contributed by atoms with Gasteiger partial charge in [0.25, 0.3) is 5.91 Å². The van der Waals surface area contributed by atoms with E-state index in [-0.39, 0.29) is 10.8 Å². The maximum atomic E-state index is 12.8. The molecule has 0 saturated heterocycles. The molecule has 0 saturated carbocycles. The van der Waals surface area contributed by atoms with Crippen LogP contribution < -0.4 is 10.2 Å². The molecular weight excluding hydrogens is 490 g/mol. The second kappa shape index (κ2) is 15.0. The molecule has 0 radical (unpaired) electrons. The first kappa shape index (κ1) is 29.0. The lowest BCUT2D eigenvalue weighted by Gasteiger charge is -2.20. The van der Waals surface area contributed by atoms with Crippen LogP contribution in [-0.2, 0) is 14.8 Å². The van der Waals surface area contributed by atoms with Crippen molar-refractivity contribution in [3.05, 3.63) is 18.2 Å². The predicted octanol–water partition coefficient (Wildman–Crippen LogP) is 6.12. The molecule has 1 atom stereocenters. The standard InChI is InChI=1S/C24H39N3O4S3/c1-4-5-6-7-8-9-10-11-12-13-16-32-24-25-20-15-14-19(17-21(20)33-24)34(30,31)27-22(18(2)3)23(28)26-29/h14-15,17-18,22,27,29H,4-13,16H2,1-3H3,(H,26,28)/t22-/m1/s1. The average Bonchev–Trinajstić information content (AvgIpc) is 3.22. The smallest absolute Gasteiger partial charge is 0.261 e. The Morgan fingerprint density at radius 3 is 2.26 bits per heavy atom. The van der Waals surface area contributed by atoms with E-state index < -0.39 is 22.0 Å². The molecule has 2 aromatic rings. The molecule has 192 valence electrons. The van der Waals surface area contributed by atoms with Crippen molar-refractivity contribution in [1.29, 1.82) is 0 Å². The Hall–Kier alpha value is -1.20. The van der Waals surface area contributed by atoms with Crippen molar-refractivity contribution in [2.45, 2.75) is 100 Å². The van der Waals surface area contributed by atoms with Gasteiger partial charge in [0.15, 0.2) is 4.34 Å². The third kappa shape index (κ3) is 9.45. The minimum Gasteiger partial charge on any atom is -0.289 e. The quantitative estimate of drug-likeness (QED) is 0.0986. The molecule has 0 spiro atoms. The van der Waals surface area contributed by atoms with E-state index in [0.717, 1.165) is 26.7 Å². The molecule has 10 heteroatoms. The first-order valence-corrected chi connectivity index (χ1v) is 15.6. The van der Waals surface area contributed by atoms with Gasteiger partial charge >= 0.3 is 0 Å². The van der Waals surface area contributed by atoms with Crippen LogP contribution in [0.1, 0.15) is 85.0 Å². The summed E-state index contributed by atoms with van der Waals surface area (Å²) in [5.41, 5.74) is 2.29. The molecule has 0 aliphatic heterocycles. The number of hydrogen-bond donors (Lipinski definition) is 3. The number of amides is 1. The lowest BCUT2D eigenvalue weighted by Crippen LogP contribution is -2.48. The fraction of sp³-hybridized carbons (Fsp3) is 0.667. The highest BCUT2D eigenvalue weighted by Crippen LogP contribution is 2.31. The number of nitrogens with zero attached hydrogens (tertiary/aromatic N) is 1. The van der Waals surface area contributed by atoms with Gasteiger partial charge in [0.05, 0.1) is 15.1 Å². The summed E-state index contributed by atoms with van der Waals surface area (Å²) in [5, 5.41) is 8.90. The highest BCUT2D eigenvalue weighted by Gasteiger charge is 2.28. The summed E-state index contributed by atoms with van der Waals surface area (Å²) in [5.74, 6) is -0.110. The van der Waals surface area contributed by atoms with Crippen molar-refractivity contribution in [3.8, 4) is 0 Å². The molecule has 1 amide bonds. The molecule has 0 unspecified atom stereocenters. The summed E-state index contributed by atoms with van der Waals surface area (Å²) < 4.78 is 29.7. The van der Waals surface area contributed by atoms with Gasteiger partial charge in [-0.25, -0.2) is 18.9 Å². The summed E-state index contributed by atoms with van der Waals surface area (Å²) in [6.45, 7) is 5.65. The lowest BCUT2D eigenvalue weighted by molar-refractivity contribution is -0.131. The number of fused-ring (bicyclic) bond motifs is 1. The molecule has 0 fully saturated rings. The van der Waals surface area contributed by atoms with Crippen LogP contribution in [0.15, 0.2) is 27.4 Å². The SMILES string of the molecule is CCCCCCCCCCCCSc1nc2ccc(S(=O)(=O)N[C@@H](C(=O)NO)C(C)C)cc2s1. The third-order valence-electron chi connectivity index (χ3n) is 5.72. The summed E-state index contributed by atoms with van der Waals surface area (Å²) in [4.78, 5) is 16.5. The van der Waals surface area contributed by atoms with Gasteiger partial charge in [0, 0.05) is 5.75 Å². The monoisotopic (exact) mass is 529 g/mol. The summed E-state index contributed by atoms with van der Waals surface area (Å²) in [7, 11) is -3.93. The van der Waals surface area contributed by atoms with Gasteiger partial charge in [-0.1, -0.05) is 90.3 Å². The van der Waals surface area contributed by atoms with Crippen LogP contribution in [0.4, 0.5) is 0 Å². The second-order valence-corrected chi connectivity index (χ2v) is 13.0. The first-order valence-electron chi connectivity index (χ1n) is 12.3. The number of unbranched alkanes of at least 4 members (excludes halogenated alkanes) is 9. The van der Waals surface area contributed by atoms with Gasteiger partial charge in [-0.2, -0.15) is 4.72 Å². The molecule has 0 bridgehead atoms. The normalized spacial score (nSPS) is 13.0. The number of aromatic nitrogens is 1. The Morgan fingerprint density at radius 2 is 1.68 bits per heavy atom. The zero-order valence-corrected chi connectivity index (χ0v) is 23.0.